The molecule has 0 aliphatic carbocycles. The maximum atomic E-state index is 11.6. The van der Waals surface area contributed by atoms with Crippen molar-refractivity contribution in [2.45, 2.75) is 6.04 Å². The van der Waals surface area contributed by atoms with Crippen LogP contribution in [-0.4, -0.2) is 36.0 Å². The van der Waals surface area contributed by atoms with Gasteiger partial charge in [0.05, 0.1) is 6.04 Å². The number of hydrogen-bond acceptors (Lipinski definition) is 2. The molecule has 5 nitrogen and oxygen atoms in total. The van der Waals surface area contributed by atoms with Gasteiger partial charge in [0.2, 0.25) is 5.91 Å². The quantitative estimate of drug-likeness (QED) is 0.764. The Labute approximate surface area is 105 Å². The molecule has 94 valence electrons. The molecular formula is C13H15N3O2. The van der Waals surface area contributed by atoms with E-state index in [9.17, 15) is 9.59 Å². The number of likely N-dealkylation sites (tertiary alicyclic amines) is 1. The molecular weight excluding hydrogens is 230 g/mol. The monoisotopic (exact) mass is 245 g/mol. The van der Waals surface area contributed by atoms with E-state index in [-0.39, 0.29) is 11.9 Å². The van der Waals surface area contributed by atoms with Crippen LogP contribution in [0.3, 0.4) is 0 Å². The average Bonchev–Trinajstić information content (AvgIpc) is 2.31. The molecule has 1 saturated heterocycles. The predicted molar refractivity (Wildman–Crippen MR) is 68.6 cm³/mol. The zero-order chi connectivity index (χ0) is 13.0. The zero-order valence-corrected chi connectivity index (χ0v) is 9.87. The van der Waals surface area contributed by atoms with E-state index < -0.39 is 6.03 Å². The summed E-state index contributed by atoms with van der Waals surface area (Å²) >= 11 is 0. The highest BCUT2D eigenvalue weighted by Gasteiger charge is 2.29. The Bertz CT molecular complexity index is 464. The van der Waals surface area contributed by atoms with Crippen molar-refractivity contribution in [1.29, 1.82) is 0 Å². The number of nitrogens with two attached hydrogens (primary N) is 1. The topological polar surface area (TPSA) is 75.4 Å². The molecule has 0 radical (unpaired) electrons. The van der Waals surface area contributed by atoms with Crippen molar-refractivity contribution in [2.75, 3.05) is 13.1 Å². The Kier molecular flexibility index (Phi) is 3.62. The lowest BCUT2D eigenvalue weighted by molar-refractivity contribution is -0.117. The first-order chi connectivity index (χ1) is 8.65. The van der Waals surface area contributed by atoms with E-state index >= 15 is 0 Å². The summed E-state index contributed by atoms with van der Waals surface area (Å²) in [5.41, 5.74) is 6.06. The van der Waals surface area contributed by atoms with Crippen LogP contribution in [0.25, 0.3) is 6.08 Å². The fraction of sp³-hybridized carbons (Fsp3) is 0.231. The van der Waals surface area contributed by atoms with Crippen molar-refractivity contribution in [3.05, 3.63) is 42.0 Å². The molecule has 5 heteroatoms. The number of rotatable bonds is 3. The van der Waals surface area contributed by atoms with Crippen LogP contribution >= 0.6 is 0 Å². The van der Waals surface area contributed by atoms with E-state index in [0.717, 1.165) is 5.56 Å². The first kappa shape index (κ1) is 12.2. The Hall–Kier alpha value is -2.30. The molecule has 2 rings (SSSR count). The summed E-state index contributed by atoms with van der Waals surface area (Å²) in [5, 5.41) is 2.80. The minimum absolute atomic E-state index is 0.00502. The van der Waals surface area contributed by atoms with E-state index in [1.54, 1.807) is 6.08 Å². The molecule has 0 saturated carbocycles. The molecule has 1 aromatic rings. The maximum Gasteiger partial charge on any atom is 0.314 e. The molecule has 0 spiro atoms. The highest BCUT2D eigenvalue weighted by molar-refractivity contribution is 5.92. The highest BCUT2D eigenvalue weighted by Crippen LogP contribution is 2.07. The Morgan fingerprint density at radius 3 is 2.56 bits per heavy atom. The highest BCUT2D eigenvalue weighted by atomic mass is 16.2. The number of nitrogens with zero attached hydrogens (tertiary/aromatic N) is 1. The second kappa shape index (κ2) is 5.35. The van der Waals surface area contributed by atoms with Crippen molar-refractivity contribution >= 4 is 18.0 Å². The third kappa shape index (κ3) is 3.10. The molecule has 0 atom stereocenters. The number of benzene rings is 1. The summed E-state index contributed by atoms with van der Waals surface area (Å²) in [6.07, 6.45) is 3.24. The number of urea groups is 1. The minimum Gasteiger partial charge on any atom is -0.351 e. The van der Waals surface area contributed by atoms with Gasteiger partial charge in [-0.1, -0.05) is 30.3 Å². The summed E-state index contributed by atoms with van der Waals surface area (Å²) < 4.78 is 0. The van der Waals surface area contributed by atoms with Crippen LogP contribution in [0.4, 0.5) is 4.79 Å². The second-order valence-corrected chi connectivity index (χ2v) is 4.19. The van der Waals surface area contributed by atoms with Crippen LogP contribution in [-0.2, 0) is 4.79 Å². The van der Waals surface area contributed by atoms with Gasteiger partial charge in [0, 0.05) is 19.2 Å². The van der Waals surface area contributed by atoms with Crippen LogP contribution in [0.2, 0.25) is 0 Å². The van der Waals surface area contributed by atoms with Gasteiger partial charge in [-0.2, -0.15) is 0 Å². The Morgan fingerprint density at radius 2 is 1.94 bits per heavy atom. The number of hydrogen-bond donors (Lipinski definition) is 2. The number of amides is 3. The first-order valence-electron chi connectivity index (χ1n) is 5.73. The van der Waals surface area contributed by atoms with Gasteiger partial charge in [-0.05, 0) is 11.6 Å². The largest absolute Gasteiger partial charge is 0.351 e. The molecule has 1 aliphatic rings. The van der Waals surface area contributed by atoms with Crippen LogP contribution in [0.1, 0.15) is 5.56 Å². The van der Waals surface area contributed by atoms with Gasteiger partial charge in [0.25, 0.3) is 0 Å². The van der Waals surface area contributed by atoms with Crippen LogP contribution in [0.15, 0.2) is 36.4 Å². The number of primary amides is 1. The van der Waals surface area contributed by atoms with E-state index in [0.29, 0.717) is 13.1 Å². The molecule has 1 fully saturated rings. The van der Waals surface area contributed by atoms with E-state index in [4.69, 9.17) is 5.73 Å². The van der Waals surface area contributed by atoms with Crippen molar-refractivity contribution < 1.29 is 9.59 Å². The van der Waals surface area contributed by atoms with Crippen molar-refractivity contribution in [3.8, 4) is 0 Å². The lowest BCUT2D eigenvalue weighted by Crippen LogP contribution is -2.62. The number of carbonyl (C=O) groups excluding carboxylic acids is 2. The zero-order valence-electron chi connectivity index (χ0n) is 9.87. The van der Waals surface area contributed by atoms with Gasteiger partial charge >= 0.3 is 6.03 Å². The smallest absolute Gasteiger partial charge is 0.314 e. The predicted octanol–water partition coefficient (Wildman–Crippen LogP) is 0.579. The third-order valence-electron chi connectivity index (χ3n) is 2.77. The number of nitrogens with one attached hydrogen (secondary N) is 1. The van der Waals surface area contributed by atoms with Gasteiger partial charge in [-0.3, -0.25) is 4.79 Å². The summed E-state index contributed by atoms with van der Waals surface area (Å²) in [4.78, 5) is 23.8. The van der Waals surface area contributed by atoms with Gasteiger partial charge in [-0.25, -0.2) is 4.79 Å². The maximum absolute atomic E-state index is 11.6. The molecule has 1 aromatic carbocycles. The summed E-state index contributed by atoms with van der Waals surface area (Å²) in [5.74, 6) is -0.159. The van der Waals surface area contributed by atoms with Gasteiger partial charge < -0.3 is 16.0 Å². The Morgan fingerprint density at radius 1 is 1.28 bits per heavy atom. The first-order valence-corrected chi connectivity index (χ1v) is 5.73. The van der Waals surface area contributed by atoms with Gasteiger partial charge in [0.1, 0.15) is 0 Å². The van der Waals surface area contributed by atoms with Crippen molar-refractivity contribution in [1.82, 2.24) is 10.2 Å². The van der Waals surface area contributed by atoms with Gasteiger partial charge in [-0.15, -0.1) is 0 Å². The third-order valence-corrected chi connectivity index (χ3v) is 2.77. The summed E-state index contributed by atoms with van der Waals surface area (Å²) in [6.45, 7) is 0.973. The van der Waals surface area contributed by atoms with Crippen LogP contribution in [0, 0.1) is 0 Å². The molecule has 3 amide bonds. The van der Waals surface area contributed by atoms with Gasteiger partial charge in [0.15, 0.2) is 0 Å². The van der Waals surface area contributed by atoms with E-state index in [1.807, 2.05) is 30.3 Å². The number of carbonyl (C=O) groups is 2. The van der Waals surface area contributed by atoms with Crippen molar-refractivity contribution in [3.63, 3.8) is 0 Å². The molecule has 0 aromatic heterocycles. The SMILES string of the molecule is NC(=O)N1CC(NC(=O)/C=C/c2ccccc2)C1. The van der Waals surface area contributed by atoms with Crippen molar-refractivity contribution in [2.24, 2.45) is 5.73 Å². The molecule has 3 N–H and O–H groups in total. The standard InChI is InChI=1S/C13H15N3O2/c14-13(18)16-8-11(9-16)15-12(17)7-6-10-4-2-1-3-5-10/h1-7,11H,8-9H2,(H2,14,18)(H,15,17)/b7-6+. The van der Waals surface area contributed by atoms with Crippen LogP contribution < -0.4 is 11.1 Å². The van der Waals surface area contributed by atoms with E-state index in [1.165, 1.54) is 11.0 Å². The fourth-order valence-electron chi connectivity index (χ4n) is 1.74. The second-order valence-electron chi connectivity index (χ2n) is 4.19. The minimum atomic E-state index is -0.444. The average molecular weight is 245 g/mol. The lowest BCUT2D eigenvalue weighted by Gasteiger charge is -2.37. The van der Waals surface area contributed by atoms with Crippen LogP contribution in [0.5, 0.6) is 0 Å². The molecule has 1 aliphatic heterocycles. The molecule has 0 bridgehead atoms. The fourth-order valence-corrected chi connectivity index (χ4v) is 1.74. The lowest BCUT2D eigenvalue weighted by atomic mass is 10.1. The summed E-state index contributed by atoms with van der Waals surface area (Å²) in [7, 11) is 0. The summed E-state index contributed by atoms with van der Waals surface area (Å²) in [6, 6.07) is 9.14. The molecule has 0 unspecified atom stereocenters. The molecule has 1 heterocycles. The Balaban J connectivity index is 1.77. The van der Waals surface area contributed by atoms with E-state index in [2.05, 4.69) is 5.32 Å². The normalized spacial score (nSPS) is 15.4. The molecule has 18 heavy (non-hydrogen) atoms.